The number of hydrogen-bond acceptors (Lipinski definition) is 4. The van der Waals surface area contributed by atoms with Crippen molar-refractivity contribution in [2.45, 2.75) is 32.9 Å². The first-order chi connectivity index (χ1) is 9.10. The van der Waals surface area contributed by atoms with E-state index in [1.54, 1.807) is 11.3 Å². The molecule has 0 saturated carbocycles. The van der Waals surface area contributed by atoms with Gasteiger partial charge in [0.15, 0.2) is 0 Å². The van der Waals surface area contributed by atoms with E-state index in [0.717, 1.165) is 10.7 Å². The largest absolute Gasteiger partial charge is 0.302 e. The van der Waals surface area contributed by atoms with Crippen LogP contribution < -0.4 is 5.32 Å². The molecule has 0 fully saturated rings. The van der Waals surface area contributed by atoms with Gasteiger partial charge in [-0.25, -0.2) is 4.98 Å². The number of rotatable bonds is 4. The number of aryl methyl sites for hydroxylation is 1. The third-order valence-corrected chi connectivity index (χ3v) is 4.19. The number of benzene rings is 1. The van der Waals surface area contributed by atoms with Crippen LogP contribution in [0.15, 0.2) is 29.6 Å². The van der Waals surface area contributed by atoms with E-state index >= 15 is 0 Å². The molecule has 0 spiro atoms. The molecule has 1 aromatic carbocycles. The lowest BCUT2D eigenvalue weighted by molar-refractivity contribution is 0.492. The SMILES string of the molecule is Cc1csc(C(C)NC(C)c2ccc(C#N)cc2)n1. The van der Waals surface area contributed by atoms with Crippen LogP contribution in [0.2, 0.25) is 0 Å². The number of hydrogen-bond donors (Lipinski definition) is 1. The first-order valence-corrected chi connectivity index (χ1v) is 7.16. The van der Waals surface area contributed by atoms with Gasteiger partial charge in [-0.3, -0.25) is 0 Å². The highest BCUT2D eigenvalue weighted by Crippen LogP contribution is 2.22. The van der Waals surface area contributed by atoms with Gasteiger partial charge >= 0.3 is 0 Å². The van der Waals surface area contributed by atoms with Crippen molar-refractivity contribution in [3.05, 3.63) is 51.5 Å². The van der Waals surface area contributed by atoms with Crippen LogP contribution in [0, 0.1) is 18.3 Å². The fourth-order valence-electron chi connectivity index (χ4n) is 1.96. The molecule has 0 radical (unpaired) electrons. The van der Waals surface area contributed by atoms with Crippen molar-refractivity contribution in [1.29, 1.82) is 5.26 Å². The van der Waals surface area contributed by atoms with Gasteiger partial charge in [0.25, 0.3) is 0 Å². The van der Waals surface area contributed by atoms with Crippen LogP contribution in [0.3, 0.4) is 0 Å². The molecule has 1 N–H and O–H groups in total. The van der Waals surface area contributed by atoms with Crippen LogP contribution in [-0.4, -0.2) is 4.98 Å². The van der Waals surface area contributed by atoms with E-state index < -0.39 is 0 Å². The summed E-state index contributed by atoms with van der Waals surface area (Å²) >= 11 is 1.68. The van der Waals surface area contributed by atoms with E-state index in [2.05, 4.69) is 35.6 Å². The van der Waals surface area contributed by atoms with Crippen molar-refractivity contribution < 1.29 is 0 Å². The van der Waals surface area contributed by atoms with Crippen LogP contribution in [-0.2, 0) is 0 Å². The Hall–Kier alpha value is -1.70. The zero-order chi connectivity index (χ0) is 13.8. The molecule has 1 aromatic heterocycles. The molecule has 0 aliphatic heterocycles. The molecule has 4 heteroatoms. The molecule has 2 aromatic rings. The molecule has 0 aliphatic rings. The molecule has 3 nitrogen and oxygen atoms in total. The van der Waals surface area contributed by atoms with Crippen molar-refractivity contribution in [2.75, 3.05) is 0 Å². The Labute approximate surface area is 117 Å². The third kappa shape index (κ3) is 3.40. The van der Waals surface area contributed by atoms with Gasteiger partial charge in [-0.1, -0.05) is 12.1 Å². The lowest BCUT2D eigenvalue weighted by Gasteiger charge is -2.18. The smallest absolute Gasteiger partial charge is 0.110 e. The first-order valence-electron chi connectivity index (χ1n) is 6.28. The van der Waals surface area contributed by atoms with E-state index in [0.29, 0.717) is 5.56 Å². The Bertz CT molecular complexity index is 580. The summed E-state index contributed by atoms with van der Waals surface area (Å²) in [5, 5.41) is 15.5. The van der Waals surface area contributed by atoms with Crippen LogP contribution >= 0.6 is 11.3 Å². The number of aromatic nitrogens is 1. The van der Waals surface area contributed by atoms with Crippen LogP contribution in [0.4, 0.5) is 0 Å². The number of nitrogens with one attached hydrogen (secondary N) is 1. The summed E-state index contributed by atoms with van der Waals surface area (Å²) in [5.41, 5.74) is 2.94. The quantitative estimate of drug-likeness (QED) is 0.921. The molecule has 2 unspecified atom stereocenters. The molecular formula is C15H17N3S. The molecule has 98 valence electrons. The first kappa shape index (κ1) is 13.7. The summed E-state index contributed by atoms with van der Waals surface area (Å²) in [4.78, 5) is 4.50. The zero-order valence-corrected chi connectivity index (χ0v) is 12.2. The predicted octanol–water partition coefficient (Wildman–Crippen LogP) is 3.74. The third-order valence-electron chi connectivity index (χ3n) is 3.05. The van der Waals surface area contributed by atoms with Crippen LogP contribution in [0.5, 0.6) is 0 Å². The zero-order valence-electron chi connectivity index (χ0n) is 11.3. The van der Waals surface area contributed by atoms with Crippen molar-refractivity contribution in [3.63, 3.8) is 0 Å². The molecule has 0 saturated heterocycles. The van der Waals surface area contributed by atoms with Gasteiger partial charge in [-0.05, 0) is 38.5 Å². The average Bonchev–Trinajstić information content (AvgIpc) is 2.85. The van der Waals surface area contributed by atoms with Gasteiger partial charge in [0.1, 0.15) is 5.01 Å². The minimum absolute atomic E-state index is 0.226. The Balaban J connectivity index is 2.04. The molecular weight excluding hydrogens is 254 g/mol. The van der Waals surface area contributed by atoms with Crippen molar-refractivity contribution in [1.82, 2.24) is 10.3 Å². The minimum Gasteiger partial charge on any atom is -0.302 e. The molecule has 1 heterocycles. The average molecular weight is 271 g/mol. The standard InChI is InChI=1S/C15H17N3S/c1-10-9-19-15(17-10)12(3)18-11(2)14-6-4-13(8-16)5-7-14/h4-7,9,11-12,18H,1-3H3. The molecule has 0 aliphatic carbocycles. The monoisotopic (exact) mass is 271 g/mol. The van der Waals surface area contributed by atoms with Gasteiger partial charge in [0.2, 0.25) is 0 Å². The molecule has 0 bridgehead atoms. The van der Waals surface area contributed by atoms with Gasteiger partial charge < -0.3 is 5.32 Å². The highest BCUT2D eigenvalue weighted by Gasteiger charge is 2.13. The lowest BCUT2D eigenvalue weighted by Crippen LogP contribution is -2.22. The van der Waals surface area contributed by atoms with Crippen LogP contribution in [0.1, 0.15) is 47.8 Å². The Morgan fingerprint density at radius 3 is 2.42 bits per heavy atom. The van der Waals surface area contributed by atoms with Gasteiger partial charge in [0, 0.05) is 17.1 Å². The second-order valence-electron chi connectivity index (χ2n) is 4.67. The Morgan fingerprint density at radius 2 is 1.89 bits per heavy atom. The predicted molar refractivity (Wildman–Crippen MR) is 78.0 cm³/mol. The second kappa shape index (κ2) is 5.96. The fraction of sp³-hybridized carbons (Fsp3) is 0.333. The summed E-state index contributed by atoms with van der Waals surface area (Å²) in [7, 11) is 0. The van der Waals surface area contributed by atoms with E-state index in [9.17, 15) is 0 Å². The molecule has 2 atom stereocenters. The van der Waals surface area contributed by atoms with Gasteiger partial charge in [-0.15, -0.1) is 11.3 Å². The summed E-state index contributed by atoms with van der Waals surface area (Å²) < 4.78 is 0. The van der Waals surface area contributed by atoms with E-state index in [-0.39, 0.29) is 12.1 Å². The lowest BCUT2D eigenvalue weighted by atomic mass is 10.1. The topological polar surface area (TPSA) is 48.7 Å². The summed E-state index contributed by atoms with van der Waals surface area (Å²) in [5.74, 6) is 0. The second-order valence-corrected chi connectivity index (χ2v) is 5.56. The number of nitriles is 1. The van der Waals surface area contributed by atoms with E-state index in [4.69, 9.17) is 5.26 Å². The van der Waals surface area contributed by atoms with Gasteiger partial charge in [-0.2, -0.15) is 5.26 Å². The highest BCUT2D eigenvalue weighted by atomic mass is 32.1. The summed E-state index contributed by atoms with van der Waals surface area (Å²) in [6.07, 6.45) is 0. The fourth-order valence-corrected chi connectivity index (χ4v) is 2.77. The Kier molecular flexibility index (Phi) is 4.31. The maximum absolute atomic E-state index is 8.79. The maximum Gasteiger partial charge on any atom is 0.110 e. The number of nitrogens with zero attached hydrogens (tertiary/aromatic N) is 2. The van der Waals surface area contributed by atoms with E-state index in [1.165, 1.54) is 5.56 Å². The summed E-state index contributed by atoms with van der Waals surface area (Å²) in [6, 6.07) is 10.3. The highest BCUT2D eigenvalue weighted by molar-refractivity contribution is 7.09. The van der Waals surface area contributed by atoms with Crippen LogP contribution in [0.25, 0.3) is 0 Å². The molecule has 0 amide bonds. The van der Waals surface area contributed by atoms with Crippen molar-refractivity contribution in [2.24, 2.45) is 0 Å². The van der Waals surface area contributed by atoms with Crippen molar-refractivity contribution >= 4 is 11.3 Å². The van der Waals surface area contributed by atoms with Crippen molar-refractivity contribution in [3.8, 4) is 6.07 Å². The van der Waals surface area contributed by atoms with Gasteiger partial charge in [0.05, 0.1) is 17.7 Å². The minimum atomic E-state index is 0.226. The molecule has 19 heavy (non-hydrogen) atoms. The van der Waals surface area contributed by atoms with E-state index in [1.807, 2.05) is 31.2 Å². The number of thiazole rings is 1. The summed E-state index contributed by atoms with van der Waals surface area (Å²) in [6.45, 7) is 6.26. The maximum atomic E-state index is 8.79. The molecule has 2 rings (SSSR count). The Morgan fingerprint density at radius 1 is 1.21 bits per heavy atom. The normalized spacial score (nSPS) is 13.8.